The van der Waals surface area contributed by atoms with Gasteiger partial charge in [0.15, 0.2) is 0 Å². The second-order valence-corrected chi connectivity index (χ2v) is 4.28. The van der Waals surface area contributed by atoms with Crippen molar-refractivity contribution in [3.63, 3.8) is 0 Å². The number of nitrogen functional groups attached to an aromatic ring is 1. The number of carbonyl (C=O) groups is 1. The molecule has 1 rings (SSSR count). The molecule has 0 saturated carbocycles. The molecule has 1 heterocycles. The average Bonchev–Trinajstić information content (AvgIpc) is 2.14. The highest BCUT2D eigenvalue weighted by atomic mass is 16.2. The maximum atomic E-state index is 11.5. The Bertz CT molecular complexity index is 404. The predicted octanol–water partition coefficient (Wildman–Crippen LogP) is 0.869. The summed E-state index contributed by atoms with van der Waals surface area (Å²) in [6.07, 6.45) is 0. The highest BCUT2D eigenvalue weighted by Crippen LogP contribution is 2.08. The Kier molecular flexibility index (Phi) is 4.19. The quantitative estimate of drug-likeness (QED) is 0.718. The van der Waals surface area contributed by atoms with Crippen LogP contribution in [-0.2, 0) is 4.79 Å². The van der Waals surface area contributed by atoms with Gasteiger partial charge < -0.3 is 11.1 Å². The lowest BCUT2D eigenvalue weighted by atomic mass is 10.2. The van der Waals surface area contributed by atoms with Gasteiger partial charge in [0.25, 0.3) is 0 Å². The molecule has 7 heteroatoms. The number of nitrogens with one attached hydrogen (secondary N) is 2. The number of nitrogens with zero attached hydrogens (tertiary/aromatic N) is 3. The summed E-state index contributed by atoms with van der Waals surface area (Å²) in [5.41, 5.74) is 5.53. The number of amides is 1. The maximum absolute atomic E-state index is 11.5. The zero-order valence-corrected chi connectivity index (χ0v) is 10.5. The molecule has 1 aromatic rings. The molecule has 0 bridgehead atoms. The van der Waals surface area contributed by atoms with Crippen LogP contribution in [0, 0.1) is 5.92 Å². The van der Waals surface area contributed by atoms with E-state index in [1.165, 1.54) is 0 Å². The van der Waals surface area contributed by atoms with E-state index in [0.717, 1.165) is 0 Å². The summed E-state index contributed by atoms with van der Waals surface area (Å²) >= 11 is 0. The van der Waals surface area contributed by atoms with Crippen molar-refractivity contribution >= 4 is 23.8 Å². The zero-order chi connectivity index (χ0) is 13.0. The second-order valence-electron chi connectivity index (χ2n) is 4.28. The van der Waals surface area contributed by atoms with Gasteiger partial charge in [0, 0.05) is 12.0 Å². The van der Waals surface area contributed by atoms with Crippen LogP contribution in [-0.4, -0.2) is 26.9 Å². The number of nitrogens with two attached hydrogens (primary N) is 1. The fourth-order valence-corrected chi connectivity index (χ4v) is 1.03. The average molecular weight is 238 g/mol. The van der Waals surface area contributed by atoms with Crippen molar-refractivity contribution < 1.29 is 4.79 Å². The van der Waals surface area contributed by atoms with E-state index in [-0.39, 0.29) is 29.8 Å². The molecule has 94 valence electrons. The Morgan fingerprint density at radius 2 is 1.71 bits per heavy atom. The first-order chi connectivity index (χ1) is 7.88. The van der Waals surface area contributed by atoms with Crippen LogP contribution in [0.3, 0.4) is 0 Å². The highest BCUT2D eigenvalue weighted by Gasteiger charge is 2.11. The Balaban J connectivity index is 2.85. The van der Waals surface area contributed by atoms with Gasteiger partial charge >= 0.3 is 0 Å². The van der Waals surface area contributed by atoms with Gasteiger partial charge in [-0.3, -0.25) is 10.1 Å². The molecule has 17 heavy (non-hydrogen) atoms. The Labute approximate surface area is 100 Å². The van der Waals surface area contributed by atoms with Crippen molar-refractivity contribution in [1.29, 1.82) is 0 Å². The van der Waals surface area contributed by atoms with Crippen LogP contribution in [0.2, 0.25) is 0 Å². The number of rotatable bonds is 4. The summed E-state index contributed by atoms with van der Waals surface area (Å²) < 4.78 is 0. The summed E-state index contributed by atoms with van der Waals surface area (Å²) in [6, 6.07) is 0.172. The highest BCUT2D eigenvalue weighted by molar-refractivity contribution is 5.90. The SMILES string of the molecule is CC(C)Nc1nc(N)nc(NC(=O)C(C)C)n1. The number of hydrogen-bond donors (Lipinski definition) is 3. The molecule has 0 fully saturated rings. The molecule has 0 aliphatic heterocycles. The number of aromatic nitrogens is 3. The molecule has 0 spiro atoms. The van der Waals surface area contributed by atoms with Crippen LogP contribution in [0.15, 0.2) is 0 Å². The molecular formula is C10H18N6O. The number of hydrogen-bond acceptors (Lipinski definition) is 6. The lowest BCUT2D eigenvalue weighted by Crippen LogP contribution is -2.21. The van der Waals surface area contributed by atoms with Crippen LogP contribution < -0.4 is 16.4 Å². The molecule has 0 radical (unpaired) electrons. The molecule has 0 aliphatic rings. The van der Waals surface area contributed by atoms with Gasteiger partial charge in [-0.05, 0) is 13.8 Å². The van der Waals surface area contributed by atoms with Gasteiger partial charge in [0.1, 0.15) is 0 Å². The normalized spacial score (nSPS) is 10.7. The molecule has 0 saturated heterocycles. The summed E-state index contributed by atoms with van der Waals surface area (Å²) in [7, 11) is 0. The van der Waals surface area contributed by atoms with Crippen molar-refractivity contribution in [2.75, 3.05) is 16.4 Å². The molecule has 7 nitrogen and oxygen atoms in total. The van der Waals surface area contributed by atoms with Crippen molar-refractivity contribution in [2.24, 2.45) is 5.92 Å². The maximum Gasteiger partial charge on any atom is 0.236 e. The number of anilines is 3. The minimum Gasteiger partial charge on any atom is -0.368 e. The summed E-state index contributed by atoms with van der Waals surface area (Å²) in [5, 5.41) is 5.57. The van der Waals surface area contributed by atoms with E-state index in [1.54, 1.807) is 13.8 Å². The largest absolute Gasteiger partial charge is 0.368 e. The monoisotopic (exact) mass is 238 g/mol. The summed E-state index contributed by atoms with van der Waals surface area (Å²) in [4.78, 5) is 23.3. The van der Waals surface area contributed by atoms with Crippen molar-refractivity contribution in [3.05, 3.63) is 0 Å². The van der Waals surface area contributed by atoms with E-state index in [4.69, 9.17) is 5.73 Å². The van der Waals surface area contributed by atoms with E-state index in [9.17, 15) is 4.79 Å². The smallest absolute Gasteiger partial charge is 0.236 e. The Hall–Kier alpha value is -1.92. The zero-order valence-electron chi connectivity index (χ0n) is 10.5. The van der Waals surface area contributed by atoms with Crippen LogP contribution in [0.25, 0.3) is 0 Å². The van der Waals surface area contributed by atoms with Gasteiger partial charge in [-0.2, -0.15) is 15.0 Å². The summed E-state index contributed by atoms with van der Waals surface area (Å²) in [6.45, 7) is 7.47. The fraction of sp³-hybridized carbons (Fsp3) is 0.600. The van der Waals surface area contributed by atoms with E-state index < -0.39 is 0 Å². The third-order valence-electron chi connectivity index (χ3n) is 1.83. The minimum atomic E-state index is -0.161. The summed E-state index contributed by atoms with van der Waals surface area (Å²) in [5.74, 6) is 0.286. The molecular weight excluding hydrogens is 220 g/mol. The van der Waals surface area contributed by atoms with Gasteiger partial charge in [-0.1, -0.05) is 13.8 Å². The first kappa shape index (κ1) is 13.1. The topological polar surface area (TPSA) is 106 Å². The molecule has 1 aromatic heterocycles. The van der Waals surface area contributed by atoms with Gasteiger partial charge in [-0.15, -0.1) is 0 Å². The van der Waals surface area contributed by atoms with E-state index in [1.807, 2.05) is 13.8 Å². The molecule has 1 amide bonds. The van der Waals surface area contributed by atoms with Gasteiger partial charge in [0.2, 0.25) is 23.8 Å². The third-order valence-corrected chi connectivity index (χ3v) is 1.83. The first-order valence-corrected chi connectivity index (χ1v) is 5.47. The van der Waals surface area contributed by atoms with Crippen LogP contribution in [0.4, 0.5) is 17.8 Å². The van der Waals surface area contributed by atoms with Crippen molar-refractivity contribution in [1.82, 2.24) is 15.0 Å². The molecule has 0 aromatic carbocycles. The third kappa shape index (κ3) is 4.21. The first-order valence-electron chi connectivity index (χ1n) is 5.47. The molecule has 0 atom stereocenters. The van der Waals surface area contributed by atoms with Crippen LogP contribution in [0.5, 0.6) is 0 Å². The molecule has 0 unspecified atom stereocenters. The van der Waals surface area contributed by atoms with Crippen molar-refractivity contribution in [2.45, 2.75) is 33.7 Å². The van der Waals surface area contributed by atoms with Crippen molar-refractivity contribution in [3.8, 4) is 0 Å². The van der Waals surface area contributed by atoms with Crippen LogP contribution in [0.1, 0.15) is 27.7 Å². The second kappa shape index (κ2) is 5.42. The minimum absolute atomic E-state index is 0.0715. The Morgan fingerprint density at radius 1 is 1.12 bits per heavy atom. The van der Waals surface area contributed by atoms with E-state index in [0.29, 0.717) is 5.95 Å². The van der Waals surface area contributed by atoms with E-state index >= 15 is 0 Å². The lowest BCUT2D eigenvalue weighted by Gasteiger charge is -2.10. The number of carbonyl (C=O) groups excluding carboxylic acids is 1. The molecule has 4 N–H and O–H groups in total. The fourth-order valence-electron chi connectivity index (χ4n) is 1.03. The standard InChI is InChI=1S/C10H18N6O/c1-5(2)7(17)13-10-15-8(11)14-9(16-10)12-6(3)4/h5-6H,1-4H3,(H4,11,12,13,14,15,16,17). The van der Waals surface area contributed by atoms with Crippen LogP contribution >= 0.6 is 0 Å². The Morgan fingerprint density at radius 3 is 2.24 bits per heavy atom. The predicted molar refractivity (Wildman–Crippen MR) is 66.5 cm³/mol. The van der Waals surface area contributed by atoms with Gasteiger partial charge in [-0.25, -0.2) is 0 Å². The molecule has 0 aliphatic carbocycles. The van der Waals surface area contributed by atoms with E-state index in [2.05, 4.69) is 25.6 Å². The lowest BCUT2D eigenvalue weighted by molar-refractivity contribution is -0.118. The van der Waals surface area contributed by atoms with Gasteiger partial charge in [0.05, 0.1) is 0 Å².